The molecule has 0 saturated carbocycles. The number of rotatable bonds is 0. The third-order valence-corrected chi connectivity index (χ3v) is 0.419. The molecule has 5 heteroatoms. The van der Waals surface area contributed by atoms with Gasteiger partial charge in [-0.25, -0.2) is 4.79 Å². The van der Waals surface area contributed by atoms with Gasteiger partial charge in [-0.3, -0.25) is 0 Å². The summed E-state index contributed by atoms with van der Waals surface area (Å²) in [6, 6.07) is 0. The van der Waals surface area contributed by atoms with Gasteiger partial charge in [-0.05, 0) is 12.2 Å². The van der Waals surface area contributed by atoms with Crippen molar-refractivity contribution in [2.24, 2.45) is 0 Å². The van der Waals surface area contributed by atoms with Crippen molar-refractivity contribution in [3.8, 4) is 0 Å². The molecule has 0 spiro atoms. The first-order valence-electron chi connectivity index (χ1n) is 1.23. The number of hydrogen-bond acceptors (Lipinski definition) is 3. The lowest BCUT2D eigenvalue weighted by Crippen LogP contribution is -1.93. The average molecular weight is 157 g/mol. The maximum absolute atomic E-state index is 9.66. The predicted octanol–water partition coefficient (Wildman–Crippen LogP) is 1.58. The Morgan fingerprint density at radius 3 is 2.29 bits per heavy atom. The summed E-state index contributed by atoms with van der Waals surface area (Å²) in [7, 11) is 0. The van der Waals surface area contributed by atoms with Crippen LogP contribution in [0.1, 0.15) is 0 Å². The smallest absolute Gasteiger partial charge is 0.397 e. The van der Waals surface area contributed by atoms with Crippen molar-refractivity contribution in [2.75, 3.05) is 0 Å². The zero-order valence-electron chi connectivity index (χ0n) is 3.05. The van der Waals surface area contributed by atoms with Crippen molar-refractivity contribution in [3.63, 3.8) is 0 Å². The second-order valence-electron chi connectivity index (χ2n) is 0.606. The monoisotopic (exact) mass is 156 g/mol. The van der Waals surface area contributed by atoms with Crippen molar-refractivity contribution < 1.29 is 9.53 Å². The van der Waals surface area contributed by atoms with Crippen LogP contribution < -0.4 is 0 Å². The third kappa shape index (κ3) is 6.20. The summed E-state index contributed by atoms with van der Waals surface area (Å²) in [6.07, 6.45) is 0. The van der Waals surface area contributed by atoms with Gasteiger partial charge in [0, 0.05) is 11.6 Å². The molecule has 40 valence electrons. The molecule has 0 aromatic carbocycles. The summed E-state index contributed by atoms with van der Waals surface area (Å²) in [5.41, 5.74) is -0.958. The molecule has 0 rings (SSSR count). The van der Waals surface area contributed by atoms with E-state index in [-0.39, 0.29) is 4.38 Å². The van der Waals surface area contributed by atoms with Gasteiger partial charge < -0.3 is 4.74 Å². The summed E-state index contributed by atoms with van der Waals surface area (Å²) in [5.74, 6) is 0. The summed E-state index contributed by atoms with van der Waals surface area (Å²) < 4.78 is 3.81. The fraction of sp³-hybridized carbons (Fsp3) is 0. The number of thiol groups is 1. The van der Waals surface area contributed by atoms with E-state index in [1.807, 2.05) is 0 Å². The van der Waals surface area contributed by atoms with Gasteiger partial charge in [0.25, 0.3) is 0 Å². The van der Waals surface area contributed by atoms with E-state index in [0.29, 0.717) is 0 Å². The normalized spacial score (nSPS) is 7.71. The number of carbonyl (C=O) groups is 1. The summed E-state index contributed by atoms with van der Waals surface area (Å²) in [4.78, 5) is 9.66. The largest absolute Gasteiger partial charge is 0.410 e. The Morgan fingerprint density at radius 1 is 1.86 bits per heavy atom. The minimum atomic E-state index is -0.958. The molecule has 0 saturated heterocycles. The molecule has 0 bridgehead atoms. The molecule has 7 heavy (non-hydrogen) atoms. The highest BCUT2D eigenvalue weighted by molar-refractivity contribution is 8.10. The van der Waals surface area contributed by atoms with Crippen LogP contribution in [0.5, 0.6) is 0 Å². The topological polar surface area (TPSA) is 26.3 Å². The van der Waals surface area contributed by atoms with Crippen molar-refractivity contribution in [1.82, 2.24) is 0 Å². The first-order chi connectivity index (χ1) is 3.13. The van der Waals surface area contributed by atoms with Crippen LogP contribution in [0.2, 0.25) is 0 Å². The maximum Gasteiger partial charge on any atom is 0.410 e. The van der Waals surface area contributed by atoms with Crippen LogP contribution in [0.3, 0.4) is 0 Å². The van der Waals surface area contributed by atoms with Gasteiger partial charge in [-0.2, -0.15) is 0 Å². The quantitative estimate of drug-likeness (QED) is 0.328. The highest BCUT2D eigenvalue weighted by atomic mass is 35.5. The molecule has 2 nitrogen and oxygen atoms in total. The second-order valence-corrected chi connectivity index (χ2v) is 1.99. The van der Waals surface area contributed by atoms with Gasteiger partial charge in [0.05, 0.1) is 0 Å². The Balaban J connectivity index is 3.32. The molecule has 0 aromatic heterocycles. The zero-order valence-corrected chi connectivity index (χ0v) is 5.52. The molecule has 0 aliphatic rings. The molecule has 0 radical (unpaired) electrons. The minimum absolute atomic E-state index is 0.167. The highest BCUT2D eigenvalue weighted by Gasteiger charge is 1.94. The number of ether oxygens (including phenoxy) is 1. The van der Waals surface area contributed by atoms with E-state index < -0.39 is 5.43 Å². The first-order valence-corrected chi connectivity index (χ1v) is 2.46. The fourth-order valence-electron chi connectivity index (χ4n) is 0.0686. The Labute approximate surface area is 56.2 Å². The van der Waals surface area contributed by atoms with E-state index in [1.54, 1.807) is 0 Å². The van der Waals surface area contributed by atoms with E-state index >= 15 is 0 Å². The minimum Gasteiger partial charge on any atom is -0.397 e. The predicted molar refractivity (Wildman–Crippen MR) is 33.9 cm³/mol. The Bertz CT molecular complexity index is 89.9. The van der Waals surface area contributed by atoms with Gasteiger partial charge in [-0.15, -0.1) is 0 Å². The molecule has 0 aliphatic heterocycles. The molecular weight excluding hydrogens is 156 g/mol. The Hall–Kier alpha value is 0.200. The summed E-state index contributed by atoms with van der Waals surface area (Å²) in [5, 5.41) is 0. The third-order valence-electron chi connectivity index (χ3n) is 0.168. The number of thiocarbonyl (C=S) groups is 1. The zero-order chi connectivity index (χ0) is 5.86. The van der Waals surface area contributed by atoms with E-state index in [1.165, 1.54) is 0 Å². The molecular formula is C2HClO2S2. The van der Waals surface area contributed by atoms with Crippen LogP contribution in [0.15, 0.2) is 0 Å². The number of hydrogen-bond donors (Lipinski definition) is 1. The van der Waals surface area contributed by atoms with Crippen molar-refractivity contribution >= 4 is 46.3 Å². The van der Waals surface area contributed by atoms with Gasteiger partial charge in [0.2, 0.25) is 4.38 Å². The van der Waals surface area contributed by atoms with Gasteiger partial charge >= 0.3 is 5.43 Å². The average Bonchev–Trinajstić information content (AvgIpc) is 1.27. The van der Waals surface area contributed by atoms with Crippen LogP contribution in [0.4, 0.5) is 4.79 Å². The SMILES string of the molecule is O=C(Cl)OC(=S)S. The van der Waals surface area contributed by atoms with Crippen LogP contribution >= 0.6 is 36.4 Å². The lowest BCUT2D eigenvalue weighted by atomic mass is 11.5. The van der Waals surface area contributed by atoms with Gasteiger partial charge in [0.15, 0.2) is 0 Å². The van der Waals surface area contributed by atoms with Crippen molar-refractivity contribution in [1.29, 1.82) is 0 Å². The highest BCUT2D eigenvalue weighted by Crippen LogP contribution is 1.91. The maximum atomic E-state index is 9.66. The standard InChI is InChI=1S/C2HClO2S2/c3-1(4)5-2(6)7/h(H,6,7). The van der Waals surface area contributed by atoms with Crippen LogP contribution in [0.25, 0.3) is 0 Å². The Kier molecular flexibility index (Phi) is 3.33. The van der Waals surface area contributed by atoms with Crippen LogP contribution in [-0.4, -0.2) is 9.81 Å². The van der Waals surface area contributed by atoms with Crippen molar-refractivity contribution in [3.05, 3.63) is 0 Å². The van der Waals surface area contributed by atoms with E-state index in [4.69, 9.17) is 0 Å². The molecule has 0 unspecified atom stereocenters. The molecule has 0 heterocycles. The van der Waals surface area contributed by atoms with Crippen LogP contribution in [0, 0.1) is 0 Å². The van der Waals surface area contributed by atoms with E-state index in [9.17, 15) is 4.79 Å². The number of carbonyl (C=O) groups excluding carboxylic acids is 1. The van der Waals surface area contributed by atoms with E-state index in [2.05, 4.69) is 41.2 Å². The summed E-state index contributed by atoms with van der Waals surface area (Å²) >= 11 is 12.3. The lowest BCUT2D eigenvalue weighted by molar-refractivity contribution is 0.225. The molecule has 0 aliphatic carbocycles. The van der Waals surface area contributed by atoms with E-state index in [0.717, 1.165) is 0 Å². The van der Waals surface area contributed by atoms with Crippen molar-refractivity contribution in [2.45, 2.75) is 0 Å². The Morgan fingerprint density at radius 2 is 2.29 bits per heavy atom. The molecule has 0 fully saturated rings. The summed E-state index contributed by atoms with van der Waals surface area (Å²) in [6.45, 7) is 0. The van der Waals surface area contributed by atoms with Crippen LogP contribution in [-0.2, 0) is 4.74 Å². The fourth-order valence-corrected chi connectivity index (χ4v) is 0.404. The molecule has 0 N–H and O–H groups in total. The van der Waals surface area contributed by atoms with Gasteiger partial charge in [-0.1, -0.05) is 12.6 Å². The molecule has 0 aromatic rings. The molecule has 0 atom stereocenters. The number of halogens is 1. The van der Waals surface area contributed by atoms with Gasteiger partial charge in [0.1, 0.15) is 0 Å². The second kappa shape index (κ2) is 3.23. The molecule has 0 amide bonds. The first kappa shape index (κ1) is 7.20. The lowest BCUT2D eigenvalue weighted by Gasteiger charge is -1.87.